The molecule has 10 heavy (non-hydrogen) atoms. The van der Waals surface area contributed by atoms with E-state index < -0.39 is 0 Å². The molecule has 2 rings (SSSR count). The van der Waals surface area contributed by atoms with Gasteiger partial charge in [0.15, 0.2) is 0 Å². The topological polar surface area (TPSA) is 21.1 Å². The average Bonchev–Trinajstić information content (AvgIpc) is 2.21. The molecule has 0 aromatic carbocycles. The lowest BCUT2D eigenvalue weighted by atomic mass is 10.3. The lowest BCUT2D eigenvalue weighted by Gasteiger charge is -2.03. The Hall–Kier alpha value is -0.480. The lowest BCUT2D eigenvalue weighted by molar-refractivity contribution is 0.348. The van der Waals surface area contributed by atoms with Gasteiger partial charge in [-0.15, -0.1) is 0 Å². The van der Waals surface area contributed by atoms with Gasteiger partial charge in [0.1, 0.15) is 0 Å². The third kappa shape index (κ3) is 0.839. The normalized spacial score (nSPS) is 17.8. The summed E-state index contributed by atoms with van der Waals surface area (Å²) < 4.78 is 1.58. The van der Waals surface area contributed by atoms with Crippen LogP contribution in [0.5, 0.6) is 0 Å². The third-order valence-electron chi connectivity index (χ3n) is 1.73. The monoisotopic (exact) mass is 155 g/mol. The van der Waals surface area contributed by atoms with E-state index in [0.29, 0.717) is 0 Å². The molecule has 3 nitrogen and oxygen atoms in total. The van der Waals surface area contributed by atoms with E-state index in [1.807, 2.05) is 6.20 Å². The fourth-order valence-electron chi connectivity index (χ4n) is 1.30. The van der Waals surface area contributed by atoms with Crippen molar-refractivity contribution in [2.24, 2.45) is 0 Å². The summed E-state index contributed by atoms with van der Waals surface area (Å²) in [5.41, 5.74) is 2.47. The van der Waals surface area contributed by atoms with Crippen molar-refractivity contribution in [3.05, 3.63) is 17.5 Å². The predicted octanol–water partition coefficient (Wildman–Crippen LogP) is 0.521. The maximum absolute atomic E-state index is 4.18. The van der Waals surface area contributed by atoms with Crippen LogP contribution in [-0.2, 0) is 13.1 Å². The van der Waals surface area contributed by atoms with E-state index in [0.717, 1.165) is 18.8 Å². The molecule has 1 aromatic rings. The number of rotatable bonds is 0. The second-order valence-electron chi connectivity index (χ2n) is 2.69. The summed E-state index contributed by atoms with van der Waals surface area (Å²) in [5, 5.41) is 4.18. The second kappa shape index (κ2) is 2.00. The molecule has 1 aromatic heterocycles. The van der Waals surface area contributed by atoms with Crippen LogP contribution in [0.15, 0.2) is 6.20 Å². The summed E-state index contributed by atoms with van der Waals surface area (Å²) in [4.78, 5) is 2.23. The first-order chi connectivity index (χ1) is 4.75. The molecule has 0 saturated carbocycles. The Labute approximate surface area is 65.2 Å². The zero-order valence-electron chi connectivity index (χ0n) is 5.78. The van der Waals surface area contributed by atoms with Crippen LogP contribution >= 0.6 is 12.8 Å². The van der Waals surface area contributed by atoms with E-state index in [9.17, 15) is 0 Å². The molecule has 0 unspecified atom stereocenters. The summed E-state index contributed by atoms with van der Waals surface area (Å²) in [7, 11) is 2.09. The van der Waals surface area contributed by atoms with Crippen LogP contribution < -0.4 is 0 Å². The first-order valence-electron chi connectivity index (χ1n) is 3.21. The zero-order valence-corrected chi connectivity index (χ0v) is 6.67. The largest absolute Gasteiger partial charge is 0.296 e. The molecule has 0 N–H and O–H groups in total. The van der Waals surface area contributed by atoms with E-state index >= 15 is 0 Å². The molecule has 0 bridgehead atoms. The maximum atomic E-state index is 4.18. The number of aromatic nitrogens is 2. The third-order valence-corrected chi connectivity index (χ3v) is 1.93. The van der Waals surface area contributed by atoms with Crippen molar-refractivity contribution in [3.8, 4) is 0 Å². The van der Waals surface area contributed by atoms with Gasteiger partial charge in [0, 0.05) is 24.8 Å². The van der Waals surface area contributed by atoms with Gasteiger partial charge in [-0.2, -0.15) is 5.10 Å². The van der Waals surface area contributed by atoms with Crippen molar-refractivity contribution in [1.82, 2.24) is 14.1 Å². The van der Waals surface area contributed by atoms with Crippen LogP contribution in [0.2, 0.25) is 0 Å². The van der Waals surface area contributed by atoms with Crippen molar-refractivity contribution in [2.75, 3.05) is 7.05 Å². The highest BCUT2D eigenvalue weighted by Gasteiger charge is 2.18. The molecule has 0 atom stereocenters. The van der Waals surface area contributed by atoms with Crippen molar-refractivity contribution >= 4 is 12.8 Å². The number of hydrogen-bond acceptors (Lipinski definition) is 3. The standard InChI is InChI=1S/C6H9N3S/c1-8-2-5-3-9(10)7-6(5)4-8/h3,10H,2,4H2,1H3. The Bertz CT molecular complexity index is 232. The van der Waals surface area contributed by atoms with Crippen molar-refractivity contribution in [3.63, 3.8) is 0 Å². The molecule has 0 radical (unpaired) electrons. The Morgan fingerprint density at radius 1 is 1.60 bits per heavy atom. The van der Waals surface area contributed by atoms with Crippen LogP contribution in [0.1, 0.15) is 11.3 Å². The minimum absolute atomic E-state index is 0.961. The highest BCUT2D eigenvalue weighted by atomic mass is 32.1. The minimum atomic E-state index is 0.961. The number of hydrogen-bond donors (Lipinski definition) is 1. The molecule has 0 aliphatic carbocycles. The summed E-state index contributed by atoms with van der Waals surface area (Å²) >= 11 is 4.08. The molecule has 54 valence electrons. The van der Waals surface area contributed by atoms with Crippen LogP contribution in [0.3, 0.4) is 0 Å². The summed E-state index contributed by atoms with van der Waals surface area (Å²) in [6, 6.07) is 0. The first kappa shape index (κ1) is 6.24. The summed E-state index contributed by atoms with van der Waals surface area (Å²) in [6.45, 7) is 1.97. The average molecular weight is 155 g/mol. The van der Waals surface area contributed by atoms with Gasteiger partial charge >= 0.3 is 0 Å². The maximum Gasteiger partial charge on any atom is 0.0820 e. The Morgan fingerprint density at radius 2 is 2.40 bits per heavy atom. The van der Waals surface area contributed by atoms with Crippen LogP contribution in [0.25, 0.3) is 0 Å². The summed E-state index contributed by atoms with van der Waals surface area (Å²) in [6.07, 6.45) is 1.96. The quantitative estimate of drug-likeness (QED) is 0.551. The van der Waals surface area contributed by atoms with E-state index in [-0.39, 0.29) is 0 Å². The van der Waals surface area contributed by atoms with E-state index in [1.54, 1.807) is 4.09 Å². The lowest BCUT2D eigenvalue weighted by Crippen LogP contribution is -2.09. The predicted molar refractivity (Wildman–Crippen MR) is 41.8 cm³/mol. The number of fused-ring (bicyclic) bond motifs is 1. The van der Waals surface area contributed by atoms with Gasteiger partial charge in [-0.1, -0.05) is 0 Å². The van der Waals surface area contributed by atoms with Crippen LogP contribution in [-0.4, -0.2) is 21.1 Å². The Kier molecular flexibility index (Phi) is 1.25. The van der Waals surface area contributed by atoms with Gasteiger partial charge in [-0.3, -0.25) is 4.90 Å². The fourth-order valence-corrected chi connectivity index (χ4v) is 1.55. The zero-order chi connectivity index (χ0) is 7.14. The van der Waals surface area contributed by atoms with Gasteiger partial charge in [0.25, 0.3) is 0 Å². The number of nitrogens with zero attached hydrogens (tertiary/aromatic N) is 3. The fraction of sp³-hybridized carbons (Fsp3) is 0.500. The molecule has 1 aliphatic heterocycles. The van der Waals surface area contributed by atoms with Gasteiger partial charge in [0.05, 0.1) is 5.69 Å². The molecule has 0 saturated heterocycles. The molecule has 0 fully saturated rings. The molecular weight excluding hydrogens is 146 g/mol. The molecule has 0 amide bonds. The Morgan fingerprint density at radius 3 is 3.10 bits per heavy atom. The number of thiol groups is 1. The molecule has 0 spiro atoms. The highest BCUT2D eigenvalue weighted by molar-refractivity contribution is 7.78. The highest BCUT2D eigenvalue weighted by Crippen LogP contribution is 2.19. The van der Waals surface area contributed by atoms with Crippen LogP contribution in [0.4, 0.5) is 0 Å². The molecule has 2 heterocycles. The van der Waals surface area contributed by atoms with E-state index in [1.165, 1.54) is 5.56 Å². The Balaban J connectivity index is 2.39. The molecule has 1 aliphatic rings. The molecular formula is C6H9N3S. The second-order valence-corrected chi connectivity index (χ2v) is 3.10. The summed E-state index contributed by atoms with van der Waals surface area (Å²) in [5.74, 6) is 0. The minimum Gasteiger partial charge on any atom is -0.296 e. The van der Waals surface area contributed by atoms with Gasteiger partial charge in [-0.05, 0) is 19.9 Å². The molecule has 4 heteroatoms. The van der Waals surface area contributed by atoms with Crippen LogP contribution in [0, 0.1) is 0 Å². The van der Waals surface area contributed by atoms with Crippen molar-refractivity contribution < 1.29 is 0 Å². The van der Waals surface area contributed by atoms with Crippen molar-refractivity contribution in [1.29, 1.82) is 0 Å². The van der Waals surface area contributed by atoms with E-state index in [4.69, 9.17) is 0 Å². The van der Waals surface area contributed by atoms with E-state index in [2.05, 4.69) is 29.9 Å². The van der Waals surface area contributed by atoms with Crippen molar-refractivity contribution in [2.45, 2.75) is 13.1 Å². The smallest absolute Gasteiger partial charge is 0.0820 e. The SMILES string of the molecule is CN1Cc2cn(S)nc2C1. The first-order valence-corrected chi connectivity index (χ1v) is 3.61. The van der Waals surface area contributed by atoms with Gasteiger partial charge in [-0.25, -0.2) is 4.09 Å². The van der Waals surface area contributed by atoms with Gasteiger partial charge in [0.2, 0.25) is 0 Å². The van der Waals surface area contributed by atoms with Gasteiger partial charge < -0.3 is 0 Å².